The first-order valence-corrected chi connectivity index (χ1v) is 4.42. The molecular weight excluding hydrogens is 144 g/mol. The van der Waals surface area contributed by atoms with E-state index in [4.69, 9.17) is 12.6 Å². The molecule has 10 heavy (non-hydrogen) atoms. The molecule has 1 heterocycles. The van der Waals surface area contributed by atoms with Crippen molar-refractivity contribution in [1.29, 1.82) is 0 Å². The van der Waals surface area contributed by atoms with E-state index in [0.29, 0.717) is 5.37 Å². The van der Waals surface area contributed by atoms with Crippen LogP contribution in [0.15, 0.2) is 0 Å². The van der Waals surface area contributed by atoms with Crippen LogP contribution in [0.4, 0.5) is 0 Å². The highest BCUT2D eigenvalue weighted by atomic mass is 32.1. The van der Waals surface area contributed by atoms with Crippen LogP contribution in [0.5, 0.6) is 0 Å². The lowest BCUT2D eigenvalue weighted by Crippen LogP contribution is -2.46. The molecule has 1 aliphatic rings. The topological polar surface area (TPSA) is 15.3 Å². The van der Waals surface area contributed by atoms with E-state index in [0.717, 1.165) is 32.6 Å². The van der Waals surface area contributed by atoms with Crippen molar-refractivity contribution < 1.29 is 0 Å². The summed E-state index contributed by atoms with van der Waals surface area (Å²) in [5.74, 6) is 0. The molecule has 2 nitrogen and oxygen atoms in total. The van der Waals surface area contributed by atoms with Crippen LogP contribution in [0.25, 0.3) is 0 Å². The fraction of sp³-hybridized carbons (Fsp3) is 1.00. The Bertz CT molecular complexity index is 91.6. The Morgan fingerprint density at radius 3 is 2.60 bits per heavy atom. The maximum Gasteiger partial charge on any atom is 0.0660 e. The minimum absolute atomic E-state index is 0.363. The second-order valence-electron chi connectivity index (χ2n) is 2.65. The zero-order valence-electron chi connectivity index (χ0n) is 6.47. The molecule has 1 N–H and O–H groups in total. The molecule has 0 aromatic rings. The lowest BCUT2D eigenvalue weighted by atomic mass is 10.3. The first-order valence-electron chi connectivity index (χ1n) is 3.95. The van der Waals surface area contributed by atoms with Crippen molar-refractivity contribution in [2.24, 2.45) is 0 Å². The van der Waals surface area contributed by atoms with Crippen molar-refractivity contribution in [1.82, 2.24) is 10.2 Å². The molecule has 0 aliphatic carbocycles. The maximum absolute atomic E-state index is 5.26. The monoisotopic (exact) mass is 159 g/mol. The summed E-state index contributed by atoms with van der Waals surface area (Å²) in [6, 6.07) is 0. The Balaban J connectivity index is 2.24. The average molecular weight is 159 g/mol. The zero-order chi connectivity index (χ0) is 7.40. The summed E-state index contributed by atoms with van der Waals surface area (Å²) in [7, 11) is 0. The summed E-state index contributed by atoms with van der Waals surface area (Å²) in [4.78, 5) is 2.37. The van der Waals surface area contributed by atoms with Crippen molar-refractivity contribution in [3.05, 3.63) is 0 Å². The molecule has 59 valence electrons. The molecule has 1 aliphatic heterocycles. The summed E-state index contributed by atoms with van der Waals surface area (Å²) < 4.78 is 0. The number of nitrogens with one attached hydrogen (secondary N) is 1. The van der Waals surface area contributed by atoms with E-state index < -0.39 is 0 Å². The Morgan fingerprint density at radius 1 is 1.50 bits per heavy atom. The van der Waals surface area contributed by atoms with Crippen LogP contribution in [0.3, 0.4) is 0 Å². The molecule has 0 amide bonds. The molecular formula is C7H15N2S. The van der Waals surface area contributed by atoms with E-state index in [1.54, 1.807) is 0 Å². The van der Waals surface area contributed by atoms with Gasteiger partial charge in [-0.25, -0.2) is 0 Å². The van der Waals surface area contributed by atoms with Crippen LogP contribution in [0, 0.1) is 0 Å². The molecule has 0 bridgehead atoms. The summed E-state index contributed by atoms with van der Waals surface area (Å²) >= 11 is 5.26. The van der Waals surface area contributed by atoms with Gasteiger partial charge in [0.2, 0.25) is 0 Å². The van der Waals surface area contributed by atoms with E-state index in [1.807, 2.05) is 0 Å². The molecule has 1 fully saturated rings. The standard InChI is InChI=1S/C7H15N2S/c1-2-7(10)9-5-3-8-4-6-9/h7-8H,2-6H2,1H3. The molecule has 0 saturated carbocycles. The molecule has 3 heteroatoms. The minimum atomic E-state index is 0.363. The van der Waals surface area contributed by atoms with E-state index in [-0.39, 0.29) is 0 Å². The molecule has 1 saturated heterocycles. The number of hydrogen-bond acceptors (Lipinski definition) is 2. The van der Waals surface area contributed by atoms with Crippen LogP contribution >= 0.6 is 12.6 Å². The largest absolute Gasteiger partial charge is 0.314 e. The molecule has 1 unspecified atom stereocenters. The highest BCUT2D eigenvalue weighted by molar-refractivity contribution is 7.80. The van der Waals surface area contributed by atoms with Gasteiger partial charge in [-0.05, 0) is 6.42 Å². The average Bonchev–Trinajstić information content (AvgIpc) is 2.05. The Labute approximate surface area is 68.4 Å². The second-order valence-corrected chi connectivity index (χ2v) is 3.19. The number of rotatable bonds is 2. The molecule has 1 rings (SSSR count). The zero-order valence-corrected chi connectivity index (χ0v) is 7.28. The smallest absolute Gasteiger partial charge is 0.0660 e. The van der Waals surface area contributed by atoms with Gasteiger partial charge in [0.15, 0.2) is 0 Å². The summed E-state index contributed by atoms with van der Waals surface area (Å²) in [6.07, 6.45) is 1.09. The SMILES string of the molecule is CCC([S])N1CCNCC1. The Kier molecular flexibility index (Phi) is 3.52. The van der Waals surface area contributed by atoms with Crippen molar-refractivity contribution >= 4 is 12.6 Å². The van der Waals surface area contributed by atoms with Gasteiger partial charge < -0.3 is 5.32 Å². The number of hydrogen-bond donors (Lipinski definition) is 1. The van der Waals surface area contributed by atoms with Gasteiger partial charge in [-0.1, -0.05) is 19.6 Å². The van der Waals surface area contributed by atoms with Gasteiger partial charge in [0.05, 0.1) is 5.37 Å². The van der Waals surface area contributed by atoms with Crippen LogP contribution < -0.4 is 5.32 Å². The second kappa shape index (κ2) is 4.21. The van der Waals surface area contributed by atoms with Crippen molar-refractivity contribution in [3.63, 3.8) is 0 Å². The minimum Gasteiger partial charge on any atom is -0.314 e. The van der Waals surface area contributed by atoms with Gasteiger partial charge in [0.25, 0.3) is 0 Å². The Morgan fingerprint density at radius 2 is 2.10 bits per heavy atom. The fourth-order valence-electron chi connectivity index (χ4n) is 1.23. The molecule has 1 atom stereocenters. The van der Waals surface area contributed by atoms with Gasteiger partial charge >= 0.3 is 0 Å². The fourth-order valence-corrected chi connectivity index (χ4v) is 1.44. The van der Waals surface area contributed by atoms with Gasteiger partial charge in [-0.2, -0.15) is 0 Å². The molecule has 0 aromatic heterocycles. The van der Waals surface area contributed by atoms with E-state index in [9.17, 15) is 0 Å². The van der Waals surface area contributed by atoms with Gasteiger partial charge in [-0.3, -0.25) is 4.90 Å². The molecule has 0 aromatic carbocycles. The Hall–Kier alpha value is 0.270. The van der Waals surface area contributed by atoms with Crippen molar-refractivity contribution in [2.75, 3.05) is 26.2 Å². The summed E-state index contributed by atoms with van der Waals surface area (Å²) in [5, 5.41) is 3.67. The lowest BCUT2D eigenvalue weighted by Gasteiger charge is -2.30. The number of piperazine rings is 1. The van der Waals surface area contributed by atoms with Crippen molar-refractivity contribution in [2.45, 2.75) is 18.7 Å². The number of nitrogens with zero attached hydrogens (tertiary/aromatic N) is 1. The third kappa shape index (κ3) is 2.15. The first-order chi connectivity index (χ1) is 4.84. The lowest BCUT2D eigenvalue weighted by molar-refractivity contribution is 0.223. The third-order valence-electron chi connectivity index (χ3n) is 1.91. The van der Waals surface area contributed by atoms with Crippen LogP contribution in [0.2, 0.25) is 0 Å². The summed E-state index contributed by atoms with van der Waals surface area (Å²) in [6.45, 7) is 6.62. The third-order valence-corrected chi connectivity index (χ3v) is 2.54. The predicted molar refractivity (Wildman–Crippen MR) is 46.1 cm³/mol. The van der Waals surface area contributed by atoms with E-state index >= 15 is 0 Å². The normalized spacial score (nSPS) is 24.6. The van der Waals surface area contributed by atoms with E-state index in [2.05, 4.69) is 17.1 Å². The van der Waals surface area contributed by atoms with Gasteiger partial charge in [0.1, 0.15) is 0 Å². The van der Waals surface area contributed by atoms with E-state index in [1.165, 1.54) is 0 Å². The predicted octanol–water partition coefficient (Wildman–Crippen LogP) is 0.825. The van der Waals surface area contributed by atoms with Gasteiger partial charge in [0, 0.05) is 26.2 Å². The maximum atomic E-state index is 5.26. The van der Waals surface area contributed by atoms with Gasteiger partial charge in [-0.15, -0.1) is 0 Å². The van der Waals surface area contributed by atoms with Crippen LogP contribution in [-0.2, 0) is 0 Å². The summed E-state index contributed by atoms with van der Waals surface area (Å²) in [5.41, 5.74) is 0. The highest BCUT2D eigenvalue weighted by Gasteiger charge is 2.14. The van der Waals surface area contributed by atoms with Crippen LogP contribution in [0.1, 0.15) is 13.3 Å². The first kappa shape index (κ1) is 8.37. The molecule has 1 radical (unpaired) electrons. The molecule has 0 spiro atoms. The van der Waals surface area contributed by atoms with Crippen LogP contribution in [-0.4, -0.2) is 36.5 Å². The quantitative estimate of drug-likeness (QED) is 0.642. The van der Waals surface area contributed by atoms with Crippen molar-refractivity contribution in [3.8, 4) is 0 Å². The highest BCUT2D eigenvalue weighted by Crippen LogP contribution is 2.08.